The zero-order valence-electron chi connectivity index (χ0n) is 16.6. The first-order valence-corrected chi connectivity index (χ1v) is 9.73. The van der Waals surface area contributed by atoms with Crippen LogP contribution in [0.5, 0.6) is 0 Å². The van der Waals surface area contributed by atoms with Crippen molar-refractivity contribution < 1.29 is 9.53 Å². The Hall–Kier alpha value is -1.94. The number of nitrogens with zero attached hydrogens (tertiary/aromatic N) is 4. The van der Waals surface area contributed by atoms with Crippen LogP contribution < -0.4 is 4.90 Å². The number of carbonyl (C=O) groups is 1. The number of piperazine rings is 1. The predicted octanol–water partition coefficient (Wildman–Crippen LogP) is 1.95. The second-order valence-electron chi connectivity index (χ2n) is 8.44. The van der Waals surface area contributed by atoms with Crippen LogP contribution >= 0.6 is 0 Å². The van der Waals surface area contributed by atoms with Crippen LogP contribution in [0.4, 0.5) is 5.69 Å². The van der Waals surface area contributed by atoms with E-state index >= 15 is 0 Å². The van der Waals surface area contributed by atoms with Crippen molar-refractivity contribution in [3.8, 4) is 6.07 Å². The summed E-state index contributed by atoms with van der Waals surface area (Å²) in [5.41, 5.74) is 1.38. The Kier molecular flexibility index (Phi) is 6.15. The highest BCUT2D eigenvalue weighted by Gasteiger charge is 2.35. The van der Waals surface area contributed by atoms with Crippen LogP contribution in [0.2, 0.25) is 0 Å². The van der Waals surface area contributed by atoms with Crippen LogP contribution in [0.25, 0.3) is 0 Å². The lowest BCUT2D eigenvalue weighted by molar-refractivity contribution is -0.123. The molecule has 2 fully saturated rings. The van der Waals surface area contributed by atoms with Crippen molar-refractivity contribution in [2.24, 2.45) is 5.41 Å². The van der Waals surface area contributed by atoms with Crippen LogP contribution in [0.15, 0.2) is 24.3 Å². The number of carbonyl (C=O) groups excluding carboxylic acids is 1. The zero-order valence-corrected chi connectivity index (χ0v) is 16.6. The van der Waals surface area contributed by atoms with Gasteiger partial charge >= 0.3 is 0 Å². The lowest BCUT2D eigenvalue weighted by Crippen LogP contribution is -2.58. The standard InChI is InChI=1S/C21H30N4O2/c1-17-13-25(19-7-5-4-6-18(19)12-22)20(26)14-24(17)16-21(2,3)15-23-8-10-27-11-9-23/h4-7,17H,8-11,13-16H2,1-3H3. The molecule has 0 N–H and O–H groups in total. The molecule has 0 spiro atoms. The number of ether oxygens (including phenoxy) is 1. The van der Waals surface area contributed by atoms with Crippen LogP contribution in [0, 0.1) is 16.7 Å². The van der Waals surface area contributed by atoms with Gasteiger partial charge in [0, 0.05) is 38.8 Å². The van der Waals surface area contributed by atoms with Gasteiger partial charge in [-0.25, -0.2) is 0 Å². The van der Waals surface area contributed by atoms with Gasteiger partial charge in [0.2, 0.25) is 5.91 Å². The van der Waals surface area contributed by atoms with Crippen LogP contribution in [0.1, 0.15) is 26.3 Å². The van der Waals surface area contributed by atoms with Gasteiger partial charge in [-0.1, -0.05) is 26.0 Å². The lowest BCUT2D eigenvalue weighted by Gasteiger charge is -2.44. The van der Waals surface area contributed by atoms with Gasteiger partial charge < -0.3 is 9.64 Å². The van der Waals surface area contributed by atoms with Gasteiger partial charge in [0.15, 0.2) is 0 Å². The smallest absolute Gasteiger partial charge is 0.241 e. The van der Waals surface area contributed by atoms with Gasteiger partial charge in [-0.15, -0.1) is 0 Å². The average molecular weight is 370 g/mol. The molecule has 0 aromatic heterocycles. The molecule has 2 aliphatic rings. The van der Waals surface area contributed by atoms with Crippen molar-refractivity contribution in [3.63, 3.8) is 0 Å². The third-order valence-corrected chi connectivity index (χ3v) is 5.41. The summed E-state index contributed by atoms with van der Waals surface area (Å²) < 4.78 is 5.44. The molecule has 1 atom stereocenters. The van der Waals surface area contributed by atoms with E-state index in [1.54, 1.807) is 11.0 Å². The molecule has 6 heteroatoms. The highest BCUT2D eigenvalue weighted by atomic mass is 16.5. The fourth-order valence-electron chi connectivity index (χ4n) is 4.11. The number of benzene rings is 1. The first kappa shape index (κ1) is 19.8. The summed E-state index contributed by atoms with van der Waals surface area (Å²) >= 11 is 0. The summed E-state index contributed by atoms with van der Waals surface area (Å²) in [5.74, 6) is 0.0676. The number of para-hydroxylation sites is 1. The van der Waals surface area contributed by atoms with Gasteiger partial charge in [-0.3, -0.25) is 14.6 Å². The van der Waals surface area contributed by atoms with Crippen molar-refractivity contribution in [1.82, 2.24) is 9.80 Å². The summed E-state index contributed by atoms with van der Waals surface area (Å²) in [5, 5.41) is 9.35. The number of amides is 1. The number of hydrogen-bond acceptors (Lipinski definition) is 5. The molecule has 2 saturated heterocycles. The van der Waals surface area contributed by atoms with Crippen molar-refractivity contribution in [2.75, 3.05) is 57.4 Å². The van der Waals surface area contributed by atoms with Gasteiger partial charge in [-0.05, 0) is 24.5 Å². The maximum atomic E-state index is 12.8. The largest absolute Gasteiger partial charge is 0.379 e. The van der Waals surface area contributed by atoms with E-state index in [2.05, 4.69) is 36.6 Å². The number of morpholine rings is 1. The summed E-state index contributed by atoms with van der Waals surface area (Å²) in [6, 6.07) is 9.79. The summed E-state index contributed by atoms with van der Waals surface area (Å²) in [4.78, 5) is 19.4. The minimum Gasteiger partial charge on any atom is -0.379 e. The zero-order chi connectivity index (χ0) is 19.4. The van der Waals surface area contributed by atoms with E-state index < -0.39 is 0 Å². The van der Waals surface area contributed by atoms with E-state index in [0.717, 1.165) is 45.1 Å². The Morgan fingerprint density at radius 3 is 2.63 bits per heavy atom. The fraction of sp³-hybridized carbons (Fsp3) is 0.619. The lowest BCUT2D eigenvalue weighted by atomic mass is 9.90. The van der Waals surface area contributed by atoms with Crippen LogP contribution in [-0.4, -0.2) is 74.2 Å². The Labute approximate surface area is 162 Å². The van der Waals surface area contributed by atoms with E-state index in [9.17, 15) is 10.1 Å². The number of rotatable bonds is 5. The number of hydrogen-bond donors (Lipinski definition) is 0. The molecule has 146 valence electrons. The third-order valence-electron chi connectivity index (χ3n) is 5.41. The SMILES string of the molecule is CC1CN(c2ccccc2C#N)C(=O)CN1CC(C)(C)CN1CCOCC1. The fourth-order valence-corrected chi connectivity index (χ4v) is 4.11. The average Bonchev–Trinajstić information content (AvgIpc) is 2.64. The molecule has 0 radical (unpaired) electrons. The Morgan fingerprint density at radius 2 is 1.93 bits per heavy atom. The summed E-state index contributed by atoms with van der Waals surface area (Å²) in [6.07, 6.45) is 0. The van der Waals surface area contributed by atoms with Crippen molar-refractivity contribution in [2.45, 2.75) is 26.8 Å². The second-order valence-corrected chi connectivity index (χ2v) is 8.44. The molecule has 27 heavy (non-hydrogen) atoms. The molecule has 1 unspecified atom stereocenters. The topological polar surface area (TPSA) is 59.8 Å². The molecule has 6 nitrogen and oxygen atoms in total. The molecular weight excluding hydrogens is 340 g/mol. The first-order chi connectivity index (χ1) is 12.9. The highest BCUT2D eigenvalue weighted by molar-refractivity contribution is 5.96. The molecule has 0 saturated carbocycles. The van der Waals surface area contributed by atoms with Gasteiger partial charge in [0.1, 0.15) is 6.07 Å². The van der Waals surface area contributed by atoms with Gasteiger partial charge in [0.05, 0.1) is 31.0 Å². The van der Waals surface area contributed by atoms with E-state index in [-0.39, 0.29) is 17.4 Å². The Balaban J connectivity index is 1.64. The van der Waals surface area contributed by atoms with Crippen molar-refractivity contribution in [3.05, 3.63) is 29.8 Å². The van der Waals surface area contributed by atoms with E-state index in [1.165, 1.54) is 0 Å². The molecule has 1 aromatic carbocycles. The third kappa shape index (κ3) is 4.86. The predicted molar refractivity (Wildman–Crippen MR) is 106 cm³/mol. The maximum Gasteiger partial charge on any atom is 0.241 e. The van der Waals surface area contributed by atoms with Crippen LogP contribution in [0.3, 0.4) is 0 Å². The first-order valence-electron chi connectivity index (χ1n) is 9.73. The molecule has 1 aromatic rings. The van der Waals surface area contributed by atoms with Gasteiger partial charge in [0.25, 0.3) is 0 Å². The van der Waals surface area contributed by atoms with E-state index in [1.807, 2.05) is 18.2 Å². The molecule has 0 bridgehead atoms. The minimum atomic E-state index is 0.0676. The van der Waals surface area contributed by atoms with Crippen LogP contribution in [-0.2, 0) is 9.53 Å². The second kappa shape index (κ2) is 8.39. The normalized spacial score (nSPS) is 22.7. The highest BCUT2D eigenvalue weighted by Crippen LogP contribution is 2.27. The monoisotopic (exact) mass is 370 g/mol. The number of anilines is 1. The number of nitriles is 1. The minimum absolute atomic E-state index is 0.0676. The molecule has 1 amide bonds. The Bertz CT molecular complexity index is 706. The summed E-state index contributed by atoms with van der Waals surface area (Å²) in [7, 11) is 0. The van der Waals surface area contributed by atoms with Crippen molar-refractivity contribution >= 4 is 11.6 Å². The summed E-state index contributed by atoms with van der Waals surface area (Å²) in [6.45, 7) is 13.2. The van der Waals surface area contributed by atoms with E-state index in [4.69, 9.17) is 4.74 Å². The molecule has 2 aliphatic heterocycles. The molecule has 2 heterocycles. The van der Waals surface area contributed by atoms with E-state index in [0.29, 0.717) is 18.7 Å². The van der Waals surface area contributed by atoms with Crippen molar-refractivity contribution in [1.29, 1.82) is 5.26 Å². The maximum absolute atomic E-state index is 12.8. The van der Waals surface area contributed by atoms with Gasteiger partial charge in [-0.2, -0.15) is 5.26 Å². The molecular formula is C21H30N4O2. The Morgan fingerprint density at radius 1 is 1.22 bits per heavy atom. The molecule has 0 aliphatic carbocycles. The molecule has 3 rings (SSSR count). The quantitative estimate of drug-likeness (QED) is 0.793.